The smallest absolute Gasteiger partial charge is 0.204 e. The van der Waals surface area contributed by atoms with Crippen molar-refractivity contribution in [1.82, 2.24) is 9.13 Å². The quantitative estimate of drug-likeness (QED) is 0.461. The van der Waals surface area contributed by atoms with Crippen LogP contribution in [-0.4, -0.2) is 19.3 Å². The first kappa shape index (κ1) is 17.0. The lowest BCUT2D eigenvalue weighted by molar-refractivity contribution is 0.421. The van der Waals surface area contributed by atoms with E-state index >= 15 is 0 Å². The van der Waals surface area contributed by atoms with Crippen molar-refractivity contribution < 1.29 is 10.2 Å². The molecular weight excluding hydrogens is 384 g/mol. The van der Waals surface area contributed by atoms with Crippen molar-refractivity contribution in [1.29, 1.82) is 0 Å². The normalized spacial score (nSPS) is 10.7. The van der Waals surface area contributed by atoms with Gasteiger partial charge in [0.1, 0.15) is 0 Å². The highest BCUT2D eigenvalue weighted by atomic mass is 32.2. The van der Waals surface area contributed by atoms with Gasteiger partial charge in [-0.1, -0.05) is 0 Å². The van der Waals surface area contributed by atoms with Gasteiger partial charge in [-0.2, -0.15) is 0 Å². The molecule has 2 aromatic heterocycles. The van der Waals surface area contributed by atoms with Crippen LogP contribution < -0.4 is 10.6 Å². The molecule has 0 atom stereocenters. The van der Waals surface area contributed by atoms with Gasteiger partial charge in [0.15, 0.2) is 7.91 Å². The van der Waals surface area contributed by atoms with Gasteiger partial charge < -0.3 is 20.8 Å². The van der Waals surface area contributed by atoms with E-state index in [0.717, 1.165) is 11.4 Å². The summed E-state index contributed by atoms with van der Waals surface area (Å²) < 4.78 is 4.47. The SMILES string of the molecule is Oc1csc(=S)n1CNc1ccc(NCn2c(O)csc2=S)cc1. The second kappa shape index (κ2) is 7.34. The molecule has 126 valence electrons. The number of hydrogen-bond donors (Lipinski definition) is 4. The molecule has 2 heterocycles. The lowest BCUT2D eigenvalue weighted by Crippen LogP contribution is -2.08. The average Bonchev–Trinajstić information content (AvgIpc) is 3.07. The molecule has 0 amide bonds. The fourth-order valence-electron chi connectivity index (χ4n) is 1.99. The van der Waals surface area contributed by atoms with Crippen molar-refractivity contribution in [3.8, 4) is 11.8 Å². The van der Waals surface area contributed by atoms with E-state index in [1.807, 2.05) is 24.3 Å². The van der Waals surface area contributed by atoms with Crippen molar-refractivity contribution in [2.75, 3.05) is 10.6 Å². The highest BCUT2D eigenvalue weighted by Crippen LogP contribution is 2.20. The first-order chi connectivity index (χ1) is 11.5. The Hall–Kier alpha value is -1.88. The number of thiazole rings is 2. The molecule has 0 aliphatic carbocycles. The molecule has 10 heteroatoms. The van der Waals surface area contributed by atoms with Gasteiger partial charge in [-0.25, -0.2) is 0 Å². The van der Waals surface area contributed by atoms with E-state index in [4.69, 9.17) is 24.4 Å². The maximum Gasteiger partial charge on any atom is 0.204 e. The Morgan fingerprint density at radius 3 is 1.46 bits per heavy atom. The standard InChI is InChI=1S/C14H14N4O2S4/c19-11-5-23-13(21)17(11)7-15-9-1-2-10(4-3-9)16-8-18-12(20)6-24-14(18)22/h1-6,15-16,19-20H,7-8H2. The number of anilines is 2. The minimum Gasteiger partial charge on any atom is -0.494 e. The van der Waals surface area contributed by atoms with Crippen molar-refractivity contribution in [2.24, 2.45) is 0 Å². The van der Waals surface area contributed by atoms with Crippen LogP contribution in [0.25, 0.3) is 0 Å². The summed E-state index contributed by atoms with van der Waals surface area (Å²) in [6.45, 7) is 0.803. The van der Waals surface area contributed by atoms with Gasteiger partial charge in [-0.3, -0.25) is 9.13 Å². The Morgan fingerprint density at radius 2 is 1.17 bits per heavy atom. The Morgan fingerprint density at radius 1 is 0.792 bits per heavy atom. The lowest BCUT2D eigenvalue weighted by Gasteiger charge is -2.11. The van der Waals surface area contributed by atoms with Crippen LogP contribution in [0.1, 0.15) is 0 Å². The number of hydrogen-bond acceptors (Lipinski definition) is 8. The summed E-state index contributed by atoms with van der Waals surface area (Å²) in [5.41, 5.74) is 1.81. The highest BCUT2D eigenvalue weighted by molar-refractivity contribution is 7.73. The summed E-state index contributed by atoms with van der Waals surface area (Å²) in [5, 5.41) is 29.0. The number of aromatic nitrogens is 2. The molecule has 6 nitrogen and oxygen atoms in total. The molecule has 0 unspecified atom stereocenters. The maximum atomic E-state index is 9.69. The fraction of sp³-hybridized carbons (Fsp3) is 0.143. The van der Waals surface area contributed by atoms with Crippen molar-refractivity contribution >= 4 is 58.5 Å². The lowest BCUT2D eigenvalue weighted by atomic mass is 10.3. The number of rotatable bonds is 6. The molecule has 0 radical (unpaired) electrons. The summed E-state index contributed by atoms with van der Waals surface area (Å²) in [7, 11) is 0. The van der Waals surface area contributed by atoms with Crippen LogP contribution in [-0.2, 0) is 13.3 Å². The minimum atomic E-state index is 0.156. The molecule has 0 aliphatic heterocycles. The van der Waals surface area contributed by atoms with E-state index < -0.39 is 0 Å². The van der Waals surface area contributed by atoms with Crippen molar-refractivity contribution in [3.05, 3.63) is 42.9 Å². The molecule has 3 rings (SSSR count). The van der Waals surface area contributed by atoms with E-state index in [-0.39, 0.29) is 11.8 Å². The van der Waals surface area contributed by atoms with Crippen LogP contribution in [0, 0.1) is 7.91 Å². The van der Waals surface area contributed by atoms with Gasteiger partial charge in [0.05, 0.1) is 24.1 Å². The van der Waals surface area contributed by atoms with Gasteiger partial charge in [0.25, 0.3) is 0 Å². The largest absolute Gasteiger partial charge is 0.494 e. The van der Waals surface area contributed by atoms with E-state index in [2.05, 4.69) is 10.6 Å². The second-order valence-corrected chi connectivity index (χ2v) is 7.83. The zero-order valence-corrected chi connectivity index (χ0v) is 15.6. The van der Waals surface area contributed by atoms with Gasteiger partial charge in [-0.15, -0.1) is 22.7 Å². The molecule has 0 aliphatic rings. The first-order valence-corrected chi connectivity index (χ1v) is 9.44. The summed E-state index contributed by atoms with van der Waals surface area (Å²) >= 11 is 12.9. The van der Waals surface area contributed by atoms with Crippen molar-refractivity contribution in [3.63, 3.8) is 0 Å². The Kier molecular flexibility index (Phi) is 5.19. The van der Waals surface area contributed by atoms with Crippen LogP contribution >= 0.6 is 47.1 Å². The first-order valence-electron chi connectivity index (χ1n) is 6.87. The van der Waals surface area contributed by atoms with Gasteiger partial charge in [0, 0.05) is 11.4 Å². The van der Waals surface area contributed by atoms with Crippen LogP contribution in [0.4, 0.5) is 11.4 Å². The molecule has 4 N–H and O–H groups in total. The van der Waals surface area contributed by atoms with Gasteiger partial charge in [0.2, 0.25) is 11.8 Å². The van der Waals surface area contributed by atoms with E-state index in [1.54, 1.807) is 19.9 Å². The van der Waals surface area contributed by atoms with Gasteiger partial charge >= 0.3 is 0 Å². The van der Waals surface area contributed by atoms with E-state index in [9.17, 15) is 10.2 Å². The fourth-order valence-corrected chi connectivity index (χ4v) is 3.83. The summed E-state index contributed by atoms with van der Waals surface area (Å²) in [6.07, 6.45) is 0. The molecular formula is C14H14N4O2S4. The van der Waals surface area contributed by atoms with E-state index in [1.165, 1.54) is 22.7 Å². The molecule has 0 bridgehead atoms. The minimum absolute atomic E-state index is 0.156. The molecule has 1 aromatic carbocycles. The third-order valence-electron chi connectivity index (χ3n) is 3.29. The zero-order valence-electron chi connectivity index (χ0n) is 12.3. The summed E-state index contributed by atoms with van der Waals surface area (Å²) in [6, 6.07) is 7.68. The highest BCUT2D eigenvalue weighted by Gasteiger charge is 2.03. The monoisotopic (exact) mass is 398 g/mol. The third-order valence-corrected chi connectivity index (χ3v) is 5.81. The van der Waals surface area contributed by atoms with E-state index in [0.29, 0.717) is 21.2 Å². The Balaban J connectivity index is 1.59. The third kappa shape index (κ3) is 3.78. The van der Waals surface area contributed by atoms with Crippen LogP contribution in [0.2, 0.25) is 0 Å². The number of nitrogens with one attached hydrogen (secondary N) is 2. The van der Waals surface area contributed by atoms with Crippen LogP contribution in [0.5, 0.6) is 11.8 Å². The molecule has 0 spiro atoms. The maximum absolute atomic E-state index is 9.69. The second-order valence-electron chi connectivity index (χ2n) is 4.82. The zero-order chi connectivity index (χ0) is 17.1. The molecule has 3 aromatic rings. The molecule has 0 saturated carbocycles. The number of benzene rings is 1. The number of nitrogens with zero attached hydrogens (tertiary/aromatic N) is 2. The summed E-state index contributed by atoms with van der Waals surface area (Å²) in [4.78, 5) is 0. The topological polar surface area (TPSA) is 74.4 Å². The van der Waals surface area contributed by atoms with Crippen LogP contribution in [0.15, 0.2) is 35.0 Å². The van der Waals surface area contributed by atoms with Gasteiger partial charge in [-0.05, 0) is 48.7 Å². The Bertz CT molecular complexity index is 862. The molecule has 24 heavy (non-hydrogen) atoms. The molecule has 0 saturated heterocycles. The molecule has 0 fully saturated rings. The predicted octanol–water partition coefficient (Wildman–Crippen LogP) is 4.42. The van der Waals surface area contributed by atoms with Crippen LogP contribution in [0.3, 0.4) is 0 Å². The predicted molar refractivity (Wildman–Crippen MR) is 103 cm³/mol. The Labute approximate surface area is 156 Å². The van der Waals surface area contributed by atoms with Crippen molar-refractivity contribution in [2.45, 2.75) is 13.3 Å². The average molecular weight is 399 g/mol. The summed E-state index contributed by atoms with van der Waals surface area (Å²) in [5.74, 6) is 0.311. The number of aromatic hydroxyl groups is 2.